The predicted octanol–water partition coefficient (Wildman–Crippen LogP) is 4.17. The van der Waals surface area contributed by atoms with Crippen molar-refractivity contribution in [2.24, 2.45) is 5.10 Å². The van der Waals surface area contributed by atoms with Crippen LogP contribution in [0.25, 0.3) is 10.8 Å². The van der Waals surface area contributed by atoms with Gasteiger partial charge in [-0.15, -0.1) is 0 Å². The van der Waals surface area contributed by atoms with Crippen molar-refractivity contribution in [2.75, 3.05) is 5.32 Å². The fourth-order valence-electron chi connectivity index (χ4n) is 2.44. The molecular weight excluding hydrogens is 318 g/mol. The van der Waals surface area contributed by atoms with Crippen LogP contribution in [0.15, 0.2) is 65.8 Å². The second-order valence-corrected chi connectivity index (χ2v) is 5.77. The van der Waals surface area contributed by atoms with Crippen LogP contribution in [-0.4, -0.2) is 16.4 Å². The van der Waals surface area contributed by atoms with Crippen LogP contribution in [0.3, 0.4) is 0 Å². The summed E-state index contributed by atoms with van der Waals surface area (Å²) in [4.78, 5) is 0. The lowest BCUT2D eigenvalue weighted by molar-refractivity contribution is 0.475. The number of benzene rings is 3. The normalized spacial score (nSPS) is 10.9. The van der Waals surface area contributed by atoms with Crippen LogP contribution in [0.1, 0.15) is 11.1 Å². The number of hydrogen-bond donors (Lipinski definition) is 3. The topological polar surface area (TPSA) is 56.7 Å². The highest BCUT2D eigenvalue weighted by molar-refractivity contribution is 7.80. The Labute approximate surface area is 145 Å². The lowest BCUT2D eigenvalue weighted by Gasteiger charge is -2.09. The number of fused-ring (bicyclic) bond motifs is 1. The second kappa shape index (κ2) is 7.10. The molecule has 0 aliphatic rings. The third kappa shape index (κ3) is 3.52. The van der Waals surface area contributed by atoms with E-state index in [1.165, 1.54) is 0 Å². The van der Waals surface area contributed by atoms with Crippen LogP contribution in [0, 0.1) is 6.92 Å². The number of nitrogens with one attached hydrogen (secondary N) is 2. The monoisotopic (exact) mass is 335 g/mol. The molecule has 24 heavy (non-hydrogen) atoms. The largest absolute Gasteiger partial charge is 0.507 e. The first-order chi connectivity index (χ1) is 11.6. The minimum absolute atomic E-state index is 0.178. The number of thiocarbonyl (C=S) groups is 1. The van der Waals surface area contributed by atoms with Gasteiger partial charge in [-0.1, -0.05) is 48.5 Å². The van der Waals surface area contributed by atoms with Gasteiger partial charge in [-0.3, -0.25) is 5.43 Å². The molecule has 0 heterocycles. The summed E-state index contributed by atoms with van der Waals surface area (Å²) in [7, 11) is 0. The molecule has 3 rings (SSSR count). The molecule has 0 unspecified atom stereocenters. The van der Waals surface area contributed by atoms with Crippen molar-refractivity contribution in [3.8, 4) is 5.75 Å². The molecule has 3 N–H and O–H groups in total. The maximum absolute atomic E-state index is 10.1. The molecule has 3 aromatic rings. The van der Waals surface area contributed by atoms with Crippen molar-refractivity contribution < 1.29 is 5.11 Å². The third-order valence-corrected chi connectivity index (χ3v) is 3.89. The number of phenolic OH excluding ortho intramolecular Hbond substituents is 1. The van der Waals surface area contributed by atoms with Gasteiger partial charge in [0.15, 0.2) is 5.11 Å². The van der Waals surface area contributed by atoms with Crippen molar-refractivity contribution in [3.63, 3.8) is 0 Å². The maximum atomic E-state index is 10.1. The summed E-state index contributed by atoms with van der Waals surface area (Å²) in [5.41, 5.74) is 5.45. The number of aryl methyl sites for hydroxylation is 1. The summed E-state index contributed by atoms with van der Waals surface area (Å²) in [6, 6.07) is 19.2. The zero-order chi connectivity index (χ0) is 16.9. The molecule has 0 fully saturated rings. The SMILES string of the molecule is Cc1ccccc1NC(=S)N/N=C/c1c(O)ccc2ccccc12. The molecule has 5 heteroatoms. The molecule has 0 atom stereocenters. The average Bonchev–Trinajstić information content (AvgIpc) is 2.59. The smallest absolute Gasteiger partial charge is 0.191 e. The van der Waals surface area contributed by atoms with E-state index in [4.69, 9.17) is 12.2 Å². The number of hydrogen-bond acceptors (Lipinski definition) is 3. The van der Waals surface area contributed by atoms with E-state index < -0.39 is 0 Å². The molecule has 0 amide bonds. The van der Waals surface area contributed by atoms with Gasteiger partial charge in [0.05, 0.1) is 6.21 Å². The fraction of sp³-hybridized carbons (Fsp3) is 0.0526. The molecule has 120 valence electrons. The number of aromatic hydroxyl groups is 1. The Kier molecular flexibility index (Phi) is 4.72. The highest BCUT2D eigenvalue weighted by atomic mass is 32.1. The molecule has 0 radical (unpaired) electrons. The third-order valence-electron chi connectivity index (χ3n) is 3.70. The number of nitrogens with zero attached hydrogens (tertiary/aromatic N) is 1. The van der Waals surface area contributed by atoms with Gasteiger partial charge in [0.1, 0.15) is 5.75 Å². The number of phenols is 1. The van der Waals surface area contributed by atoms with Gasteiger partial charge in [0, 0.05) is 11.3 Å². The standard InChI is InChI=1S/C19H17N3OS/c1-13-6-2-5-9-17(13)21-19(24)22-20-12-16-15-8-4-3-7-14(15)10-11-18(16)23/h2-12,23H,1H3,(H2,21,22,24)/b20-12+. The zero-order valence-corrected chi connectivity index (χ0v) is 14.0. The van der Waals surface area contributed by atoms with Crippen LogP contribution in [-0.2, 0) is 0 Å². The molecule has 0 aromatic heterocycles. The van der Waals surface area contributed by atoms with Crippen LogP contribution in [0.4, 0.5) is 5.69 Å². The molecule has 0 aliphatic heterocycles. The maximum Gasteiger partial charge on any atom is 0.191 e. The number of hydrazone groups is 1. The van der Waals surface area contributed by atoms with E-state index >= 15 is 0 Å². The Hall–Kier alpha value is -2.92. The number of anilines is 1. The molecule has 0 saturated carbocycles. The van der Waals surface area contributed by atoms with Gasteiger partial charge in [0.25, 0.3) is 0 Å². The first-order valence-corrected chi connectivity index (χ1v) is 7.92. The second-order valence-electron chi connectivity index (χ2n) is 5.36. The van der Waals surface area contributed by atoms with Crippen molar-refractivity contribution in [1.29, 1.82) is 0 Å². The van der Waals surface area contributed by atoms with Crippen LogP contribution >= 0.6 is 12.2 Å². The summed E-state index contributed by atoms with van der Waals surface area (Å²) < 4.78 is 0. The predicted molar refractivity (Wildman–Crippen MR) is 104 cm³/mol. The van der Waals surface area contributed by atoms with E-state index in [2.05, 4.69) is 15.8 Å². The Morgan fingerprint density at radius 1 is 1.04 bits per heavy atom. The molecule has 0 bridgehead atoms. The van der Waals surface area contributed by atoms with Gasteiger partial charge in [-0.2, -0.15) is 5.10 Å². The van der Waals surface area contributed by atoms with E-state index in [-0.39, 0.29) is 5.75 Å². The number of rotatable bonds is 3. The summed E-state index contributed by atoms with van der Waals surface area (Å²) in [5, 5.41) is 19.7. The highest BCUT2D eigenvalue weighted by Gasteiger charge is 2.04. The van der Waals surface area contributed by atoms with E-state index in [0.29, 0.717) is 10.7 Å². The van der Waals surface area contributed by atoms with E-state index in [1.54, 1.807) is 12.3 Å². The molecule has 0 spiro atoms. The van der Waals surface area contributed by atoms with Gasteiger partial charge < -0.3 is 10.4 Å². The Bertz CT molecular complexity index is 921. The van der Waals surface area contributed by atoms with E-state index in [9.17, 15) is 5.11 Å². The molecule has 0 aliphatic carbocycles. The van der Waals surface area contributed by atoms with Gasteiger partial charge in [-0.25, -0.2) is 0 Å². The minimum Gasteiger partial charge on any atom is -0.507 e. The van der Waals surface area contributed by atoms with Crippen LogP contribution in [0.2, 0.25) is 0 Å². The molecule has 3 aromatic carbocycles. The minimum atomic E-state index is 0.178. The summed E-state index contributed by atoms with van der Waals surface area (Å²) in [6.45, 7) is 2.00. The summed E-state index contributed by atoms with van der Waals surface area (Å²) in [6.07, 6.45) is 1.57. The van der Waals surface area contributed by atoms with Gasteiger partial charge in [-0.05, 0) is 47.6 Å². The van der Waals surface area contributed by atoms with Gasteiger partial charge in [0.2, 0.25) is 0 Å². The van der Waals surface area contributed by atoms with Crippen molar-refractivity contribution in [3.05, 3.63) is 71.8 Å². The molecular formula is C19H17N3OS. The van der Waals surface area contributed by atoms with Gasteiger partial charge >= 0.3 is 0 Å². The first-order valence-electron chi connectivity index (χ1n) is 7.51. The fourth-order valence-corrected chi connectivity index (χ4v) is 2.60. The molecule has 4 nitrogen and oxygen atoms in total. The Balaban J connectivity index is 1.74. The average molecular weight is 335 g/mol. The number of para-hydroxylation sites is 1. The van der Waals surface area contributed by atoms with Crippen molar-refractivity contribution >= 4 is 40.0 Å². The lowest BCUT2D eigenvalue weighted by atomic mass is 10.0. The van der Waals surface area contributed by atoms with Crippen LogP contribution in [0.5, 0.6) is 5.75 Å². The quantitative estimate of drug-likeness (QED) is 0.382. The van der Waals surface area contributed by atoms with Crippen LogP contribution < -0.4 is 10.7 Å². The summed E-state index contributed by atoms with van der Waals surface area (Å²) in [5.74, 6) is 0.178. The van der Waals surface area contributed by atoms with E-state index in [1.807, 2.05) is 61.5 Å². The van der Waals surface area contributed by atoms with E-state index in [0.717, 1.165) is 22.0 Å². The highest BCUT2D eigenvalue weighted by Crippen LogP contribution is 2.25. The summed E-state index contributed by atoms with van der Waals surface area (Å²) >= 11 is 5.24. The van der Waals surface area contributed by atoms with Crippen molar-refractivity contribution in [1.82, 2.24) is 5.43 Å². The zero-order valence-electron chi connectivity index (χ0n) is 13.2. The Morgan fingerprint density at radius 2 is 1.79 bits per heavy atom. The molecule has 0 saturated heterocycles. The first kappa shape index (κ1) is 16.0. The lowest BCUT2D eigenvalue weighted by Crippen LogP contribution is -2.24. The van der Waals surface area contributed by atoms with Crippen molar-refractivity contribution in [2.45, 2.75) is 6.92 Å². The Morgan fingerprint density at radius 3 is 2.62 bits per heavy atom.